The van der Waals surface area contributed by atoms with Crippen LogP contribution in [0.25, 0.3) is 11.4 Å². The summed E-state index contributed by atoms with van der Waals surface area (Å²) in [6.45, 7) is 0. The Morgan fingerprint density at radius 2 is 2.00 bits per heavy atom. The second kappa shape index (κ2) is 8.77. The molecule has 2 aromatic rings. The molecule has 1 heterocycles. The summed E-state index contributed by atoms with van der Waals surface area (Å²) in [7, 11) is 1.85. The summed E-state index contributed by atoms with van der Waals surface area (Å²) < 4.78 is 1.82. The van der Waals surface area contributed by atoms with Gasteiger partial charge in [0.1, 0.15) is 5.54 Å². The molecule has 0 atom stereocenters. The van der Waals surface area contributed by atoms with E-state index in [1.165, 1.54) is 11.8 Å². The molecule has 142 valence electrons. The van der Waals surface area contributed by atoms with Gasteiger partial charge in [-0.05, 0) is 25.0 Å². The Morgan fingerprint density at radius 3 is 2.67 bits per heavy atom. The maximum atomic E-state index is 12.4. The van der Waals surface area contributed by atoms with Gasteiger partial charge >= 0.3 is 0 Å². The van der Waals surface area contributed by atoms with Gasteiger partial charge in [-0.25, -0.2) is 0 Å². The molecule has 1 saturated carbocycles. The molecule has 0 aliphatic heterocycles. The van der Waals surface area contributed by atoms with Crippen LogP contribution in [0.3, 0.4) is 0 Å². The number of amides is 1. The molecule has 1 N–H and O–H groups in total. The summed E-state index contributed by atoms with van der Waals surface area (Å²) in [6.07, 6.45) is 5.65. The molecule has 27 heavy (non-hydrogen) atoms. The normalized spacial score (nSPS) is 16.3. The van der Waals surface area contributed by atoms with Crippen molar-refractivity contribution in [1.29, 1.82) is 5.26 Å². The summed E-state index contributed by atoms with van der Waals surface area (Å²) in [5, 5.41) is 22.2. The quantitative estimate of drug-likeness (QED) is 0.603. The fraction of sp³-hybridized carbons (Fsp3) is 0.474. The Balaban J connectivity index is 1.64. The first kappa shape index (κ1) is 19.7. The Morgan fingerprint density at radius 1 is 1.30 bits per heavy atom. The number of thioether (sulfide) groups is 1. The van der Waals surface area contributed by atoms with E-state index in [4.69, 9.17) is 11.6 Å². The van der Waals surface area contributed by atoms with E-state index in [9.17, 15) is 10.1 Å². The highest BCUT2D eigenvalue weighted by molar-refractivity contribution is 7.99. The van der Waals surface area contributed by atoms with Crippen LogP contribution >= 0.6 is 23.4 Å². The number of benzene rings is 1. The zero-order valence-electron chi connectivity index (χ0n) is 15.2. The van der Waals surface area contributed by atoms with Crippen molar-refractivity contribution in [1.82, 2.24) is 20.1 Å². The number of rotatable bonds is 5. The van der Waals surface area contributed by atoms with Gasteiger partial charge in [-0.3, -0.25) is 4.79 Å². The minimum atomic E-state index is -0.725. The number of nitrogens with one attached hydrogen (secondary N) is 1. The van der Waals surface area contributed by atoms with Crippen LogP contribution in [0.15, 0.2) is 29.4 Å². The summed E-state index contributed by atoms with van der Waals surface area (Å²) >= 11 is 7.54. The third-order valence-electron chi connectivity index (χ3n) is 4.83. The van der Waals surface area contributed by atoms with Gasteiger partial charge in [-0.15, -0.1) is 10.2 Å². The summed E-state index contributed by atoms with van der Waals surface area (Å²) in [4.78, 5) is 12.4. The molecular weight excluding hydrogens is 382 g/mol. The molecule has 0 unspecified atom stereocenters. The lowest BCUT2D eigenvalue weighted by atomic mass is 9.92. The Labute approximate surface area is 168 Å². The van der Waals surface area contributed by atoms with E-state index >= 15 is 0 Å². The molecule has 0 saturated heterocycles. The number of nitriles is 1. The van der Waals surface area contributed by atoms with Gasteiger partial charge < -0.3 is 9.88 Å². The molecule has 0 spiro atoms. The van der Waals surface area contributed by atoms with Crippen LogP contribution in [0.2, 0.25) is 5.02 Å². The number of aromatic nitrogens is 3. The van der Waals surface area contributed by atoms with Crippen LogP contribution in [-0.2, 0) is 11.8 Å². The zero-order chi connectivity index (χ0) is 19.3. The van der Waals surface area contributed by atoms with Crippen molar-refractivity contribution in [2.75, 3.05) is 5.75 Å². The van der Waals surface area contributed by atoms with Crippen molar-refractivity contribution in [3.05, 3.63) is 29.3 Å². The zero-order valence-corrected chi connectivity index (χ0v) is 16.8. The molecule has 1 aromatic heterocycles. The summed E-state index contributed by atoms with van der Waals surface area (Å²) in [6, 6.07) is 9.79. The molecule has 1 amide bonds. The highest BCUT2D eigenvalue weighted by Crippen LogP contribution is 2.29. The second-order valence-corrected chi connectivity index (χ2v) is 8.14. The molecule has 3 rings (SSSR count). The van der Waals surface area contributed by atoms with Gasteiger partial charge in [0.2, 0.25) is 5.91 Å². The number of hydrogen-bond acceptors (Lipinski definition) is 5. The van der Waals surface area contributed by atoms with E-state index < -0.39 is 5.54 Å². The van der Waals surface area contributed by atoms with Crippen molar-refractivity contribution < 1.29 is 4.79 Å². The van der Waals surface area contributed by atoms with Crippen molar-refractivity contribution in [3.63, 3.8) is 0 Å². The number of nitrogens with zero attached hydrogens (tertiary/aromatic N) is 4. The van der Waals surface area contributed by atoms with Gasteiger partial charge in [0, 0.05) is 12.6 Å². The SMILES string of the molecule is Cn1c(SCC(=O)NC2(C#N)CCCCCC2)nnc1-c1ccccc1Cl. The first-order valence-electron chi connectivity index (χ1n) is 9.04. The third kappa shape index (κ3) is 4.63. The van der Waals surface area contributed by atoms with Crippen molar-refractivity contribution in [3.8, 4) is 17.5 Å². The second-order valence-electron chi connectivity index (χ2n) is 6.79. The highest BCUT2D eigenvalue weighted by Gasteiger charge is 2.32. The molecule has 8 heteroatoms. The molecule has 1 aromatic carbocycles. The highest BCUT2D eigenvalue weighted by atomic mass is 35.5. The summed E-state index contributed by atoms with van der Waals surface area (Å²) in [5.74, 6) is 0.698. The van der Waals surface area contributed by atoms with E-state index in [1.807, 2.05) is 29.8 Å². The first-order chi connectivity index (χ1) is 13.0. The fourth-order valence-corrected chi connectivity index (χ4v) is 4.28. The molecular formula is C19H22ClN5OS. The fourth-order valence-electron chi connectivity index (χ4n) is 3.35. The van der Waals surface area contributed by atoms with Gasteiger partial charge in [0.05, 0.1) is 16.8 Å². The smallest absolute Gasteiger partial charge is 0.231 e. The molecule has 0 radical (unpaired) electrons. The van der Waals surface area contributed by atoms with Crippen LogP contribution in [-0.4, -0.2) is 32.0 Å². The van der Waals surface area contributed by atoms with Crippen LogP contribution in [0, 0.1) is 11.3 Å². The predicted octanol–water partition coefficient (Wildman–Crippen LogP) is 3.96. The van der Waals surface area contributed by atoms with E-state index in [1.54, 1.807) is 6.07 Å². The summed E-state index contributed by atoms with van der Waals surface area (Å²) in [5.41, 5.74) is 0.0730. The van der Waals surface area contributed by atoms with Crippen LogP contribution < -0.4 is 5.32 Å². The lowest BCUT2D eigenvalue weighted by Crippen LogP contribution is -2.47. The van der Waals surface area contributed by atoms with E-state index in [-0.39, 0.29) is 11.7 Å². The topological polar surface area (TPSA) is 83.6 Å². The Bertz CT molecular complexity index is 852. The van der Waals surface area contributed by atoms with E-state index in [2.05, 4.69) is 21.6 Å². The molecule has 1 fully saturated rings. The lowest BCUT2D eigenvalue weighted by molar-refractivity contribution is -0.120. The minimum Gasteiger partial charge on any atom is -0.337 e. The Kier molecular flexibility index (Phi) is 6.40. The number of carbonyl (C=O) groups excluding carboxylic acids is 1. The molecule has 0 bridgehead atoms. The lowest BCUT2D eigenvalue weighted by Gasteiger charge is -2.26. The largest absolute Gasteiger partial charge is 0.337 e. The molecule has 6 nitrogen and oxygen atoms in total. The van der Waals surface area contributed by atoms with Crippen molar-refractivity contribution in [2.24, 2.45) is 7.05 Å². The maximum Gasteiger partial charge on any atom is 0.231 e. The van der Waals surface area contributed by atoms with Crippen LogP contribution in [0.5, 0.6) is 0 Å². The number of hydrogen-bond donors (Lipinski definition) is 1. The van der Waals surface area contributed by atoms with E-state index in [0.29, 0.717) is 16.0 Å². The van der Waals surface area contributed by atoms with Crippen molar-refractivity contribution in [2.45, 2.75) is 49.2 Å². The van der Waals surface area contributed by atoms with Gasteiger partial charge in [0.15, 0.2) is 11.0 Å². The predicted molar refractivity (Wildman–Crippen MR) is 106 cm³/mol. The molecule has 1 aliphatic rings. The maximum absolute atomic E-state index is 12.4. The van der Waals surface area contributed by atoms with Crippen LogP contribution in [0.4, 0.5) is 0 Å². The molecule has 1 aliphatic carbocycles. The van der Waals surface area contributed by atoms with E-state index in [0.717, 1.165) is 44.1 Å². The number of carbonyl (C=O) groups is 1. The third-order valence-corrected chi connectivity index (χ3v) is 6.18. The monoisotopic (exact) mass is 403 g/mol. The van der Waals surface area contributed by atoms with Crippen LogP contribution in [0.1, 0.15) is 38.5 Å². The average molecular weight is 404 g/mol. The van der Waals surface area contributed by atoms with Gasteiger partial charge in [-0.2, -0.15) is 5.26 Å². The van der Waals surface area contributed by atoms with Gasteiger partial charge in [-0.1, -0.05) is 61.2 Å². The van der Waals surface area contributed by atoms with Gasteiger partial charge in [0.25, 0.3) is 0 Å². The van der Waals surface area contributed by atoms with Crippen molar-refractivity contribution >= 4 is 29.3 Å². The standard InChI is InChI=1S/C19H22ClN5OS/c1-25-17(14-8-4-5-9-15(14)20)23-24-18(25)27-12-16(26)22-19(13-21)10-6-2-3-7-11-19/h4-5,8-9H,2-3,6-7,10-12H2,1H3,(H,22,26). The minimum absolute atomic E-state index is 0.147. The average Bonchev–Trinajstić information content (AvgIpc) is 2.88. The Hall–Kier alpha value is -2.04. The number of halogens is 1. The first-order valence-corrected chi connectivity index (χ1v) is 10.4.